The first-order chi connectivity index (χ1) is 3.29. The molecule has 0 spiro atoms. The lowest BCUT2D eigenvalue weighted by molar-refractivity contribution is 1.76. The first-order valence-electron chi connectivity index (χ1n) is 1.73. The highest BCUT2D eigenvalue weighted by Crippen LogP contribution is 2.24. The van der Waals surface area contributed by atoms with E-state index in [1.54, 1.807) is 11.3 Å². The van der Waals surface area contributed by atoms with Crippen LogP contribution in [0.25, 0.3) is 0 Å². The molecule has 7 heavy (non-hydrogen) atoms. The Morgan fingerprint density at radius 1 is 1.57 bits per heavy atom. The molecule has 0 aliphatic heterocycles. The highest BCUT2D eigenvalue weighted by molar-refractivity contribution is 9.11. The molecule has 1 aromatic heterocycles. The molecule has 0 fully saturated rings. The van der Waals surface area contributed by atoms with Crippen LogP contribution < -0.4 is 0 Å². The van der Waals surface area contributed by atoms with Gasteiger partial charge in [-0.1, -0.05) is 0 Å². The van der Waals surface area contributed by atoms with Crippen LogP contribution >= 0.6 is 39.9 Å². The second kappa shape index (κ2) is 2.20. The lowest BCUT2D eigenvalue weighted by Gasteiger charge is -1.68. The molecule has 0 atom stereocenters. The largest absolute Gasteiger partial charge is 0.133 e. The van der Waals surface area contributed by atoms with Crippen LogP contribution in [-0.2, 0) is 0 Å². The fourth-order valence-corrected chi connectivity index (χ4v) is 2.18. The summed E-state index contributed by atoms with van der Waals surface area (Å²) in [6.45, 7) is 0. The predicted octanol–water partition coefficient (Wildman–Crippen LogP) is 2.80. The van der Waals surface area contributed by atoms with Crippen LogP contribution in [0.1, 0.15) is 0 Å². The molecule has 0 aromatic carbocycles. The standard InChI is InChI=1S/C4H3BrS2/c5-3-1-2-4(6)7-3/h1-2,6H. The number of halogens is 1. The monoisotopic (exact) mass is 194 g/mol. The van der Waals surface area contributed by atoms with Crippen molar-refractivity contribution in [2.45, 2.75) is 4.21 Å². The Balaban J connectivity index is 3.04. The smallest absolute Gasteiger partial charge is 0.0710 e. The van der Waals surface area contributed by atoms with E-state index in [4.69, 9.17) is 0 Å². The number of thiophene rings is 1. The fraction of sp³-hybridized carbons (Fsp3) is 0. The molecule has 3 heteroatoms. The minimum atomic E-state index is 1.05. The van der Waals surface area contributed by atoms with Crippen LogP contribution in [0.15, 0.2) is 20.1 Å². The average Bonchev–Trinajstić information content (AvgIpc) is 1.87. The van der Waals surface area contributed by atoms with Gasteiger partial charge in [0.25, 0.3) is 0 Å². The molecule has 0 aliphatic rings. The van der Waals surface area contributed by atoms with Gasteiger partial charge in [0, 0.05) is 0 Å². The van der Waals surface area contributed by atoms with Crippen molar-refractivity contribution in [2.75, 3.05) is 0 Å². The first-order valence-corrected chi connectivity index (χ1v) is 3.79. The molecule has 38 valence electrons. The highest BCUT2D eigenvalue weighted by Gasteiger charge is 1.87. The Morgan fingerprint density at radius 2 is 2.29 bits per heavy atom. The van der Waals surface area contributed by atoms with Gasteiger partial charge in [-0.15, -0.1) is 24.0 Å². The van der Waals surface area contributed by atoms with Gasteiger partial charge in [-0.05, 0) is 28.1 Å². The second-order valence-electron chi connectivity index (χ2n) is 1.08. The Hall–Kier alpha value is 0.530. The van der Waals surface area contributed by atoms with Gasteiger partial charge in [0.2, 0.25) is 0 Å². The van der Waals surface area contributed by atoms with E-state index in [2.05, 4.69) is 28.6 Å². The van der Waals surface area contributed by atoms with E-state index in [1.165, 1.54) is 0 Å². The van der Waals surface area contributed by atoms with Crippen molar-refractivity contribution in [3.63, 3.8) is 0 Å². The van der Waals surface area contributed by atoms with Crippen molar-refractivity contribution in [1.82, 2.24) is 0 Å². The summed E-state index contributed by atoms with van der Waals surface area (Å²) in [7, 11) is 0. The van der Waals surface area contributed by atoms with Crippen LogP contribution in [0.2, 0.25) is 0 Å². The van der Waals surface area contributed by atoms with Crippen molar-refractivity contribution in [3.05, 3.63) is 15.9 Å². The SMILES string of the molecule is Sc1ccc(Br)s1. The zero-order valence-electron chi connectivity index (χ0n) is 3.39. The summed E-state index contributed by atoms with van der Waals surface area (Å²) in [4.78, 5) is 0. The number of hydrogen-bond donors (Lipinski definition) is 1. The molecule has 1 heterocycles. The third kappa shape index (κ3) is 1.48. The third-order valence-electron chi connectivity index (χ3n) is 0.559. The quantitative estimate of drug-likeness (QED) is 0.604. The normalized spacial score (nSPS) is 9.43. The minimum absolute atomic E-state index is 1.05. The van der Waals surface area contributed by atoms with Crippen LogP contribution in [0, 0.1) is 0 Å². The third-order valence-corrected chi connectivity index (χ3v) is 2.41. The van der Waals surface area contributed by atoms with Gasteiger partial charge in [-0.2, -0.15) is 0 Å². The van der Waals surface area contributed by atoms with E-state index in [0.717, 1.165) is 8.00 Å². The van der Waals surface area contributed by atoms with Gasteiger partial charge >= 0.3 is 0 Å². The maximum absolute atomic E-state index is 4.09. The molecule has 1 aromatic rings. The average molecular weight is 195 g/mol. The molecule has 0 nitrogen and oxygen atoms in total. The van der Waals surface area contributed by atoms with Crippen molar-refractivity contribution in [1.29, 1.82) is 0 Å². The summed E-state index contributed by atoms with van der Waals surface area (Å²) < 4.78 is 2.18. The molecule has 0 radical (unpaired) electrons. The van der Waals surface area contributed by atoms with E-state index >= 15 is 0 Å². The lowest BCUT2D eigenvalue weighted by Crippen LogP contribution is -1.32. The second-order valence-corrected chi connectivity index (χ2v) is 4.33. The molecule has 0 N–H and O–H groups in total. The van der Waals surface area contributed by atoms with Crippen molar-refractivity contribution in [2.24, 2.45) is 0 Å². The van der Waals surface area contributed by atoms with Crippen LogP contribution in [-0.4, -0.2) is 0 Å². The number of hydrogen-bond acceptors (Lipinski definition) is 2. The minimum Gasteiger partial charge on any atom is -0.133 e. The highest BCUT2D eigenvalue weighted by atomic mass is 79.9. The summed E-state index contributed by atoms with van der Waals surface area (Å²) in [5, 5.41) is 0. The van der Waals surface area contributed by atoms with Crippen LogP contribution in [0.5, 0.6) is 0 Å². The van der Waals surface area contributed by atoms with Gasteiger partial charge in [0.05, 0.1) is 8.00 Å². The van der Waals surface area contributed by atoms with E-state index in [9.17, 15) is 0 Å². The van der Waals surface area contributed by atoms with E-state index < -0.39 is 0 Å². The molecule has 0 saturated heterocycles. The molecule has 0 saturated carbocycles. The van der Waals surface area contributed by atoms with Crippen molar-refractivity contribution in [3.8, 4) is 0 Å². The molecule has 0 amide bonds. The van der Waals surface area contributed by atoms with Gasteiger partial charge in [-0.25, -0.2) is 0 Å². The summed E-state index contributed by atoms with van der Waals surface area (Å²) in [6.07, 6.45) is 0. The van der Waals surface area contributed by atoms with Crippen molar-refractivity contribution < 1.29 is 0 Å². The van der Waals surface area contributed by atoms with Crippen LogP contribution in [0.3, 0.4) is 0 Å². The Bertz CT molecular complexity index is 142. The summed E-state index contributed by atoms with van der Waals surface area (Å²) in [6, 6.07) is 3.94. The van der Waals surface area contributed by atoms with E-state index in [-0.39, 0.29) is 0 Å². The molecular formula is C4H3BrS2. The van der Waals surface area contributed by atoms with Gasteiger partial charge in [-0.3, -0.25) is 0 Å². The summed E-state index contributed by atoms with van der Waals surface area (Å²) in [5.41, 5.74) is 0. The van der Waals surface area contributed by atoms with Crippen molar-refractivity contribution >= 4 is 39.9 Å². The van der Waals surface area contributed by atoms with Crippen LogP contribution in [0.4, 0.5) is 0 Å². The predicted molar refractivity (Wildman–Crippen MR) is 39.3 cm³/mol. The molecule has 0 unspecified atom stereocenters. The lowest BCUT2D eigenvalue weighted by atomic mass is 10.7. The molecule has 1 rings (SSSR count). The maximum Gasteiger partial charge on any atom is 0.0710 e. The Morgan fingerprint density at radius 3 is 2.43 bits per heavy atom. The van der Waals surface area contributed by atoms with E-state index in [1.807, 2.05) is 12.1 Å². The Kier molecular flexibility index (Phi) is 1.78. The zero-order valence-corrected chi connectivity index (χ0v) is 6.69. The number of thiol groups is 1. The maximum atomic E-state index is 4.09. The Labute approximate surface area is 60.1 Å². The number of rotatable bonds is 0. The molecule has 0 bridgehead atoms. The molecule has 0 aliphatic carbocycles. The summed E-state index contributed by atoms with van der Waals surface area (Å²) in [5.74, 6) is 0. The summed E-state index contributed by atoms with van der Waals surface area (Å²) >= 11 is 9.02. The molecular weight excluding hydrogens is 192 g/mol. The first kappa shape index (κ1) is 5.66. The van der Waals surface area contributed by atoms with Gasteiger partial charge < -0.3 is 0 Å². The van der Waals surface area contributed by atoms with Gasteiger partial charge in [0.15, 0.2) is 0 Å². The van der Waals surface area contributed by atoms with E-state index in [0.29, 0.717) is 0 Å². The fourth-order valence-electron chi connectivity index (χ4n) is 0.305. The van der Waals surface area contributed by atoms with Gasteiger partial charge in [0.1, 0.15) is 0 Å². The topological polar surface area (TPSA) is 0 Å². The zero-order chi connectivity index (χ0) is 5.28.